The number of aryl methyl sites for hydroxylation is 1. The summed E-state index contributed by atoms with van der Waals surface area (Å²) in [5, 5.41) is 19.5. The van der Waals surface area contributed by atoms with E-state index in [1.807, 2.05) is 5.32 Å². The highest BCUT2D eigenvalue weighted by Gasteiger charge is 2.19. The molecule has 0 spiro atoms. The molecule has 0 fully saturated rings. The van der Waals surface area contributed by atoms with Gasteiger partial charge in [0.1, 0.15) is 6.33 Å². The van der Waals surface area contributed by atoms with Crippen molar-refractivity contribution in [1.29, 1.82) is 0 Å². The van der Waals surface area contributed by atoms with Crippen molar-refractivity contribution in [3.05, 3.63) is 47.9 Å². The number of rotatable bonds is 7. The Morgan fingerprint density at radius 3 is 2.69 bits per heavy atom. The van der Waals surface area contributed by atoms with Gasteiger partial charge in [0.15, 0.2) is 23.1 Å². The summed E-state index contributed by atoms with van der Waals surface area (Å²) < 4.78 is 29.1. The summed E-state index contributed by atoms with van der Waals surface area (Å²) in [7, 11) is 3.19. The number of carbonyl (C=O) groups excluding carboxylic acids is 2. The molecular weight excluding hydrogens is 412 g/mol. The number of ether oxygens (including phenoxy) is 1. The zero-order valence-electron chi connectivity index (χ0n) is 20.9. The number of nitrogens with zero attached hydrogens (tertiary/aromatic N) is 5. The van der Waals surface area contributed by atoms with Gasteiger partial charge in [0.05, 0.1) is 24.0 Å². The molecule has 0 aliphatic rings. The molecule has 1 aromatic carbocycles. The van der Waals surface area contributed by atoms with E-state index >= 15 is 0 Å². The maximum Gasteiger partial charge on any atom is 0.273 e. The van der Waals surface area contributed by atoms with Crippen LogP contribution in [0.4, 0.5) is 17.2 Å². The molecule has 0 saturated carbocycles. The minimum Gasteiger partial charge on any atom is -0.494 e. The van der Waals surface area contributed by atoms with Gasteiger partial charge >= 0.3 is 0 Å². The van der Waals surface area contributed by atoms with Crippen LogP contribution < -0.4 is 20.7 Å². The predicted octanol–water partition coefficient (Wildman–Crippen LogP) is 2.29. The highest BCUT2D eigenvalue weighted by Crippen LogP contribution is 2.37. The molecule has 2 amide bonds. The summed E-state index contributed by atoms with van der Waals surface area (Å²) in [6, 6.07) is 6.53. The van der Waals surface area contributed by atoms with Gasteiger partial charge < -0.3 is 20.7 Å². The largest absolute Gasteiger partial charge is 0.494 e. The Kier molecular flexibility index (Phi) is 5.60. The highest BCUT2D eigenvalue weighted by molar-refractivity contribution is 6.01. The average Bonchev–Trinajstić information content (AvgIpc) is 3.18. The van der Waals surface area contributed by atoms with Crippen LogP contribution >= 0.6 is 0 Å². The van der Waals surface area contributed by atoms with Crippen LogP contribution in [0.5, 0.6) is 5.75 Å². The molecular formula is C21H24N8O3. The van der Waals surface area contributed by atoms with Crippen molar-refractivity contribution in [2.24, 2.45) is 7.05 Å². The lowest BCUT2D eigenvalue weighted by Gasteiger charge is -2.16. The molecule has 0 aliphatic carbocycles. The molecule has 0 bridgehead atoms. The number of hydrogen-bond acceptors (Lipinski definition) is 8. The molecule has 2 heterocycles. The Morgan fingerprint density at radius 2 is 2.03 bits per heavy atom. The lowest BCUT2D eigenvalue weighted by atomic mass is 10.1. The Balaban J connectivity index is 2.05. The molecule has 2 aromatic heterocycles. The second kappa shape index (κ2) is 9.69. The van der Waals surface area contributed by atoms with Crippen LogP contribution in [0.1, 0.15) is 28.4 Å². The summed E-state index contributed by atoms with van der Waals surface area (Å²) in [6.45, 7) is 0.779. The second-order valence-electron chi connectivity index (χ2n) is 6.91. The fourth-order valence-corrected chi connectivity index (χ4v) is 2.84. The number of methoxy groups -OCH3 is 1. The van der Waals surface area contributed by atoms with Gasteiger partial charge in [-0.25, -0.2) is 4.98 Å². The first-order valence-electron chi connectivity index (χ1n) is 10.9. The van der Waals surface area contributed by atoms with Crippen molar-refractivity contribution in [1.82, 2.24) is 30.3 Å². The molecule has 3 N–H and O–H groups in total. The van der Waals surface area contributed by atoms with Gasteiger partial charge in [-0.05, 0) is 26.0 Å². The minimum atomic E-state index is -2.74. The number of amides is 2. The third-order valence-electron chi connectivity index (χ3n) is 4.12. The van der Waals surface area contributed by atoms with Crippen LogP contribution in [0.2, 0.25) is 0 Å². The van der Waals surface area contributed by atoms with Crippen molar-refractivity contribution in [2.45, 2.75) is 13.8 Å². The lowest BCUT2D eigenvalue weighted by Crippen LogP contribution is -2.22. The van der Waals surface area contributed by atoms with E-state index in [4.69, 9.17) is 8.85 Å². The first kappa shape index (κ1) is 18.5. The fraction of sp³-hybridized carbons (Fsp3) is 0.238. The quantitative estimate of drug-likeness (QED) is 0.477. The number of aromatic nitrogens is 5. The number of nitrogens with one attached hydrogen (secondary N) is 3. The maximum absolute atomic E-state index is 12.6. The second-order valence-corrected chi connectivity index (χ2v) is 6.91. The summed E-state index contributed by atoms with van der Waals surface area (Å²) in [6.07, 6.45) is 2.91. The van der Waals surface area contributed by atoms with Crippen LogP contribution in [0.15, 0.2) is 42.2 Å². The summed E-state index contributed by atoms with van der Waals surface area (Å²) in [5.41, 5.74) is 1.54. The van der Waals surface area contributed by atoms with Crippen molar-refractivity contribution in [3.63, 3.8) is 0 Å². The SMILES string of the molecule is [2H]C([2H])([2H])NC(=O)c1nnc(NC(=O)C=C(C)C)cc1Nc1cccc(-c2ncn(C)n2)c1OC. The molecule has 3 aromatic rings. The third kappa shape index (κ3) is 5.06. The van der Waals surface area contributed by atoms with Gasteiger partial charge in [-0.3, -0.25) is 14.3 Å². The van der Waals surface area contributed by atoms with E-state index in [1.54, 1.807) is 50.1 Å². The molecule has 32 heavy (non-hydrogen) atoms. The normalized spacial score (nSPS) is 12.1. The number of anilines is 3. The van der Waals surface area contributed by atoms with Crippen LogP contribution in [-0.2, 0) is 11.8 Å². The van der Waals surface area contributed by atoms with Gasteiger partial charge in [0.2, 0.25) is 5.91 Å². The number of allylic oxidation sites excluding steroid dienone is 1. The summed E-state index contributed by atoms with van der Waals surface area (Å²) in [4.78, 5) is 29.0. The molecule has 0 atom stereocenters. The average molecular weight is 439 g/mol. The van der Waals surface area contributed by atoms with Gasteiger partial charge in [0, 0.05) is 30.3 Å². The Labute approximate surface area is 189 Å². The standard InChI is InChI=1S/C21H24N8O3/c1-12(2)9-17(30)25-16-10-15(18(27-26-16)21(31)22-3)24-14-8-6-7-13(19(14)32-5)20-23-11-29(4)28-20/h6-11H,1-5H3,(H,22,31)(H2,24,25,26,30)/i3D3. The molecule has 0 radical (unpaired) electrons. The molecule has 166 valence electrons. The van der Waals surface area contributed by atoms with Crippen LogP contribution in [-0.4, -0.2) is 50.9 Å². The number of para-hydroxylation sites is 1. The Bertz CT molecular complexity index is 1280. The van der Waals surface area contributed by atoms with Crippen LogP contribution in [0.25, 0.3) is 11.4 Å². The van der Waals surface area contributed by atoms with E-state index in [-0.39, 0.29) is 17.2 Å². The van der Waals surface area contributed by atoms with Crippen molar-refractivity contribution < 1.29 is 18.4 Å². The van der Waals surface area contributed by atoms with Gasteiger partial charge in [-0.15, -0.1) is 10.2 Å². The van der Waals surface area contributed by atoms with Crippen molar-refractivity contribution >= 4 is 29.0 Å². The summed E-state index contributed by atoms with van der Waals surface area (Å²) in [5.74, 6) is -0.597. The van der Waals surface area contributed by atoms with Crippen LogP contribution in [0.3, 0.4) is 0 Å². The number of carbonyl (C=O) groups is 2. The van der Waals surface area contributed by atoms with Gasteiger partial charge in [0.25, 0.3) is 5.91 Å². The molecule has 11 heteroatoms. The van der Waals surface area contributed by atoms with Crippen molar-refractivity contribution in [2.75, 3.05) is 24.7 Å². The Hall–Kier alpha value is -4.28. The number of hydrogen-bond donors (Lipinski definition) is 3. The molecule has 0 unspecified atom stereocenters. The Morgan fingerprint density at radius 1 is 1.22 bits per heavy atom. The van der Waals surface area contributed by atoms with E-state index in [0.29, 0.717) is 22.8 Å². The molecule has 3 rings (SSSR count). The van der Waals surface area contributed by atoms with E-state index in [1.165, 1.54) is 19.3 Å². The predicted molar refractivity (Wildman–Crippen MR) is 120 cm³/mol. The zero-order valence-corrected chi connectivity index (χ0v) is 17.9. The third-order valence-corrected chi connectivity index (χ3v) is 4.12. The van der Waals surface area contributed by atoms with E-state index < -0.39 is 18.8 Å². The topological polar surface area (TPSA) is 136 Å². The maximum atomic E-state index is 12.6. The highest BCUT2D eigenvalue weighted by atomic mass is 16.5. The summed E-state index contributed by atoms with van der Waals surface area (Å²) >= 11 is 0. The number of benzene rings is 1. The van der Waals surface area contributed by atoms with E-state index in [0.717, 1.165) is 5.57 Å². The molecule has 0 saturated heterocycles. The fourth-order valence-electron chi connectivity index (χ4n) is 2.84. The van der Waals surface area contributed by atoms with E-state index in [2.05, 4.69) is 30.9 Å². The van der Waals surface area contributed by atoms with Gasteiger partial charge in [-0.2, -0.15) is 5.10 Å². The van der Waals surface area contributed by atoms with Crippen LogP contribution in [0, 0.1) is 0 Å². The molecule has 11 nitrogen and oxygen atoms in total. The first-order chi connectivity index (χ1) is 16.5. The zero-order chi connectivity index (χ0) is 25.8. The molecule has 0 aliphatic heterocycles. The minimum absolute atomic E-state index is 0.0435. The van der Waals surface area contributed by atoms with Gasteiger partial charge in [-0.1, -0.05) is 11.6 Å². The van der Waals surface area contributed by atoms with E-state index in [9.17, 15) is 9.59 Å². The monoisotopic (exact) mass is 439 g/mol. The first-order valence-corrected chi connectivity index (χ1v) is 9.43. The smallest absolute Gasteiger partial charge is 0.273 e. The van der Waals surface area contributed by atoms with Crippen molar-refractivity contribution in [3.8, 4) is 17.1 Å². The lowest BCUT2D eigenvalue weighted by molar-refractivity contribution is -0.112.